The summed E-state index contributed by atoms with van der Waals surface area (Å²) in [6, 6.07) is 16.0. The van der Waals surface area contributed by atoms with Gasteiger partial charge in [-0.25, -0.2) is 8.78 Å². The Kier molecular flexibility index (Phi) is 6.62. The minimum atomic E-state index is -0.360. The summed E-state index contributed by atoms with van der Waals surface area (Å²) in [7, 11) is 0. The number of nitrogens with one attached hydrogen (secondary N) is 2. The molecule has 2 aromatic carbocycles. The van der Waals surface area contributed by atoms with Crippen molar-refractivity contribution >= 4 is 11.7 Å². The summed E-state index contributed by atoms with van der Waals surface area (Å²) in [4.78, 5) is 12.1. The van der Waals surface area contributed by atoms with E-state index < -0.39 is 0 Å². The molecule has 7 heteroatoms. The number of hydrogen-bond donors (Lipinski definition) is 2. The number of anilines is 1. The van der Waals surface area contributed by atoms with Crippen LogP contribution in [0.2, 0.25) is 0 Å². The standard InChI is InChI=1S/C21H20F2N4O/c22-17-7-5-15(6-8-17)11-13-24-20-10-9-19(26-27-20)21(28)25-14-12-16-3-1-2-4-18(16)23/h1-10H,11-14H2,(H,24,27)(H,25,28). The summed E-state index contributed by atoms with van der Waals surface area (Å²) in [5.74, 6) is -0.357. The van der Waals surface area contributed by atoms with Crippen molar-refractivity contribution in [1.29, 1.82) is 0 Å². The molecule has 2 N–H and O–H groups in total. The number of hydrogen-bond acceptors (Lipinski definition) is 4. The molecule has 0 spiro atoms. The van der Waals surface area contributed by atoms with Gasteiger partial charge >= 0.3 is 0 Å². The third-order valence-corrected chi connectivity index (χ3v) is 4.17. The van der Waals surface area contributed by atoms with Gasteiger partial charge in [-0.3, -0.25) is 4.79 Å². The van der Waals surface area contributed by atoms with Gasteiger partial charge in [0, 0.05) is 13.1 Å². The molecule has 1 heterocycles. The summed E-state index contributed by atoms with van der Waals surface area (Å²) < 4.78 is 26.4. The molecule has 28 heavy (non-hydrogen) atoms. The Morgan fingerprint density at radius 2 is 1.64 bits per heavy atom. The summed E-state index contributed by atoms with van der Waals surface area (Å²) >= 11 is 0. The molecule has 0 aliphatic carbocycles. The average Bonchev–Trinajstić information content (AvgIpc) is 2.71. The fourth-order valence-electron chi connectivity index (χ4n) is 2.64. The van der Waals surface area contributed by atoms with E-state index in [2.05, 4.69) is 20.8 Å². The highest BCUT2D eigenvalue weighted by molar-refractivity contribution is 5.92. The second kappa shape index (κ2) is 9.55. The van der Waals surface area contributed by atoms with Gasteiger partial charge in [0.05, 0.1) is 0 Å². The third-order valence-electron chi connectivity index (χ3n) is 4.17. The molecule has 0 saturated heterocycles. The molecule has 0 bridgehead atoms. The van der Waals surface area contributed by atoms with Crippen molar-refractivity contribution in [3.63, 3.8) is 0 Å². The summed E-state index contributed by atoms with van der Waals surface area (Å²) in [5.41, 5.74) is 1.75. The fourth-order valence-corrected chi connectivity index (χ4v) is 2.64. The van der Waals surface area contributed by atoms with Crippen molar-refractivity contribution in [2.24, 2.45) is 0 Å². The average molecular weight is 382 g/mol. The minimum absolute atomic E-state index is 0.192. The number of carbonyl (C=O) groups excluding carboxylic acids is 1. The predicted octanol–water partition coefficient (Wildman–Crippen LogP) is 3.38. The SMILES string of the molecule is O=C(NCCc1ccccc1F)c1ccc(NCCc2ccc(F)cc2)nn1. The number of benzene rings is 2. The van der Waals surface area contributed by atoms with Crippen molar-refractivity contribution < 1.29 is 13.6 Å². The Morgan fingerprint density at radius 1 is 0.857 bits per heavy atom. The van der Waals surface area contributed by atoms with Gasteiger partial charge in [0.2, 0.25) is 0 Å². The number of aromatic nitrogens is 2. The third kappa shape index (κ3) is 5.57. The van der Waals surface area contributed by atoms with Crippen molar-refractivity contribution in [2.45, 2.75) is 12.8 Å². The van der Waals surface area contributed by atoms with Gasteiger partial charge in [-0.2, -0.15) is 0 Å². The molecule has 0 atom stereocenters. The first kappa shape index (κ1) is 19.4. The van der Waals surface area contributed by atoms with E-state index in [-0.39, 0.29) is 23.2 Å². The van der Waals surface area contributed by atoms with E-state index in [0.29, 0.717) is 37.3 Å². The Hall–Kier alpha value is -3.35. The first-order valence-electron chi connectivity index (χ1n) is 8.95. The topological polar surface area (TPSA) is 66.9 Å². The lowest BCUT2D eigenvalue weighted by atomic mass is 10.1. The first-order valence-corrected chi connectivity index (χ1v) is 8.95. The quantitative estimate of drug-likeness (QED) is 0.627. The molecule has 1 aromatic heterocycles. The van der Waals surface area contributed by atoms with E-state index in [1.165, 1.54) is 18.2 Å². The Morgan fingerprint density at radius 3 is 2.36 bits per heavy atom. The number of nitrogens with zero attached hydrogens (tertiary/aromatic N) is 2. The summed E-state index contributed by atoms with van der Waals surface area (Å²) in [6.45, 7) is 0.910. The second-order valence-corrected chi connectivity index (χ2v) is 6.20. The molecule has 0 aliphatic heterocycles. The van der Waals surface area contributed by atoms with Crippen molar-refractivity contribution in [3.8, 4) is 0 Å². The van der Waals surface area contributed by atoms with Crippen LogP contribution in [0.15, 0.2) is 60.7 Å². The van der Waals surface area contributed by atoms with Gasteiger partial charge in [-0.1, -0.05) is 30.3 Å². The van der Waals surface area contributed by atoms with Crippen LogP contribution in [0.4, 0.5) is 14.6 Å². The predicted molar refractivity (Wildman–Crippen MR) is 103 cm³/mol. The van der Waals surface area contributed by atoms with Gasteiger partial charge in [-0.05, 0) is 54.3 Å². The maximum Gasteiger partial charge on any atom is 0.271 e. The molecule has 3 rings (SSSR count). The fraction of sp³-hybridized carbons (Fsp3) is 0.190. The zero-order chi connectivity index (χ0) is 19.8. The molecule has 3 aromatic rings. The highest BCUT2D eigenvalue weighted by Gasteiger charge is 2.08. The molecule has 0 aliphatic rings. The van der Waals surface area contributed by atoms with Crippen LogP contribution in [-0.2, 0) is 12.8 Å². The zero-order valence-electron chi connectivity index (χ0n) is 15.2. The van der Waals surface area contributed by atoms with Crippen molar-refractivity contribution in [1.82, 2.24) is 15.5 Å². The first-order chi connectivity index (χ1) is 13.6. The van der Waals surface area contributed by atoms with E-state index in [1.807, 2.05) is 0 Å². The van der Waals surface area contributed by atoms with Gasteiger partial charge in [-0.15, -0.1) is 10.2 Å². The summed E-state index contributed by atoms with van der Waals surface area (Å²) in [6.07, 6.45) is 1.11. The Labute approximate surface area is 161 Å². The molecule has 1 amide bonds. The molecule has 5 nitrogen and oxygen atoms in total. The van der Waals surface area contributed by atoms with E-state index in [1.54, 1.807) is 42.5 Å². The highest BCUT2D eigenvalue weighted by atomic mass is 19.1. The van der Waals surface area contributed by atoms with Crippen LogP contribution in [-0.4, -0.2) is 29.2 Å². The van der Waals surface area contributed by atoms with Gasteiger partial charge in [0.1, 0.15) is 17.5 Å². The monoisotopic (exact) mass is 382 g/mol. The van der Waals surface area contributed by atoms with E-state index >= 15 is 0 Å². The van der Waals surface area contributed by atoms with E-state index in [0.717, 1.165) is 5.56 Å². The van der Waals surface area contributed by atoms with Crippen LogP contribution in [0.5, 0.6) is 0 Å². The van der Waals surface area contributed by atoms with Crippen molar-refractivity contribution in [2.75, 3.05) is 18.4 Å². The van der Waals surface area contributed by atoms with Gasteiger partial charge in [0.15, 0.2) is 5.69 Å². The lowest BCUT2D eigenvalue weighted by molar-refractivity contribution is 0.0948. The maximum absolute atomic E-state index is 13.6. The van der Waals surface area contributed by atoms with Crippen LogP contribution in [0, 0.1) is 11.6 Å². The smallest absolute Gasteiger partial charge is 0.271 e. The van der Waals surface area contributed by atoms with E-state index in [4.69, 9.17) is 0 Å². The van der Waals surface area contributed by atoms with Crippen LogP contribution >= 0.6 is 0 Å². The molecular weight excluding hydrogens is 362 g/mol. The Bertz CT molecular complexity index is 914. The van der Waals surface area contributed by atoms with Crippen molar-refractivity contribution in [3.05, 3.63) is 89.1 Å². The molecule has 0 unspecified atom stereocenters. The highest BCUT2D eigenvalue weighted by Crippen LogP contribution is 2.07. The maximum atomic E-state index is 13.6. The van der Waals surface area contributed by atoms with Gasteiger partial charge < -0.3 is 10.6 Å². The molecular formula is C21H20F2N4O. The number of carbonyl (C=O) groups is 1. The Balaban J connectivity index is 1.43. The lowest BCUT2D eigenvalue weighted by Gasteiger charge is -2.07. The summed E-state index contributed by atoms with van der Waals surface area (Å²) in [5, 5.41) is 13.7. The molecule has 0 fully saturated rings. The largest absolute Gasteiger partial charge is 0.368 e. The van der Waals surface area contributed by atoms with Gasteiger partial charge in [0.25, 0.3) is 5.91 Å². The molecule has 144 valence electrons. The lowest BCUT2D eigenvalue weighted by Crippen LogP contribution is -2.27. The number of halogens is 2. The second-order valence-electron chi connectivity index (χ2n) is 6.20. The normalized spacial score (nSPS) is 10.5. The minimum Gasteiger partial charge on any atom is -0.368 e. The van der Waals surface area contributed by atoms with Crippen LogP contribution in [0.1, 0.15) is 21.6 Å². The number of rotatable bonds is 8. The van der Waals surface area contributed by atoms with Crippen LogP contribution in [0.3, 0.4) is 0 Å². The van der Waals surface area contributed by atoms with Crippen LogP contribution in [0.25, 0.3) is 0 Å². The van der Waals surface area contributed by atoms with Crippen LogP contribution < -0.4 is 10.6 Å². The zero-order valence-corrected chi connectivity index (χ0v) is 15.2. The van der Waals surface area contributed by atoms with E-state index in [9.17, 15) is 13.6 Å². The number of amides is 1. The molecule has 0 radical (unpaired) electrons. The molecule has 0 saturated carbocycles.